The zero-order chi connectivity index (χ0) is 20.6. The van der Waals surface area contributed by atoms with Crippen LogP contribution in [-0.2, 0) is 16.4 Å². The second-order valence-electron chi connectivity index (χ2n) is 7.37. The van der Waals surface area contributed by atoms with Crippen LogP contribution < -0.4 is 14.8 Å². The monoisotopic (exact) mass is 420 g/mol. The van der Waals surface area contributed by atoms with E-state index in [0.717, 1.165) is 18.1 Å². The highest BCUT2D eigenvalue weighted by Gasteiger charge is 2.54. The lowest BCUT2D eigenvalue weighted by Gasteiger charge is -2.23. The maximum absolute atomic E-state index is 14.8. The van der Waals surface area contributed by atoms with E-state index in [-0.39, 0.29) is 23.7 Å². The van der Waals surface area contributed by atoms with E-state index in [0.29, 0.717) is 24.9 Å². The van der Waals surface area contributed by atoms with Crippen molar-refractivity contribution in [3.05, 3.63) is 59.7 Å². The minimum Gasteiger partial charge on any atom is -0.487 e. The summed E-state index contributed by atoms with van der Waals surface area (Å²) in [7, 11) is -3.83. The first-order valence-electron chi connectivity index (χ1n) is 9.53. The predicted octanol–water partition coefficient (Wildman–Crippen LogP) is 4.88. The Labute approximate surface area is 168 Å². The molecule has 1 aliphatic carbocycles. The Balaban J connectivity index is 1.81. The minimum atomic E-state index is -3.83. The average Bonchev–Trinajstić information content (AvgIpc) is 3.49. The van der Waals surface area contributed by atoms with Gasteiger partial charge in [0.15, 0.2) is 11.6 Å². The fraction of sp³-hybridized carbons (Fsp3) is 0.333. The number of hydrogen-bond acceptors (Lipinski definition) is 4. The first kappa shape index (κ1) is 19.7. The predicted molar refractivity (Wildman–Crippen MR) is 109 cm³/mol. The molecule has 0 aromatic heterocycles. The summed E-state index contributed by atoms with van der Waals surface area (Å²) < 4.78 is 62.1. The summed E-state index contributed by atoms with van der Waals surface area (Å²) in [6.45, 7) is 2.14. The second-order valence-corrected chi connectivity index (χ2v) is 9.45. The van der Waals surface area contributed by atoms with E-state index in [1.54, 1.807) is 24.3 Å². The first-order valence-corrected chi connectivity index (χ1v) is 11.0. The Morgan fingerprint density at radius 1 is 1.17 bits per heavy atom. The molecule has 0 saturated heterocycles. The van der Waals surface area contributed by atoms with Crippen molar-refractivity contribution in [2.24, 2.45) is 0 Å². The quantitative estimate of drug-likeness (QED) is 0.695. The van der Waals surface area contributed by atoms with Gasteiger partial charge in [0.05, 0.1) is 4.75 Å². The van der Waals surface area contributed by atoms with Gasteiger partial charge in [-0.05, 0) is 43.4 Å². The minimum absolute atomic E-state index is 0.0671. The molecule has 2 N–H and O–H groups in total. The van der Waals surface area contributed by atoms with Crippen LogP contribution in [0.2, 0.25) is 0 Å². The average molecular weight is 420 g/mol. The van der Waals surface area contributed by atoms with Gasteiger partial charge in [0, 0.05) is 11.8 Å². The molecule has 0 atom stereocenters. The molecule has 1 heterocycles. The van der Waals surface area contributed by atoms with E-state index in [4.69, 9.17) is 4.74 Å². The van der Waals surface area contributed by atoms with Crippen LogP contribution in [0.4, 0.5) is 25.8 Å². The van der Waals surface area contributed by atoms with Crippen molar-refractivity contribution in [2.45, 2.75) is 37.4 Å². The topological polar surface area (TPSA) is 67.4 Å². The lowest BCUT2D eigenvalue weighted by molar-refractivity contribution is 0.360. The third-order valence-electron chi connectivity index (χ3n) is 5.42. The van der Waals surface area contributed by atoms with Gasteiger partial charge >= 0.3 is 0 Å². The summed E-state index contributed by atoms with van der Waals surface area (Å²) in [5.41, 5.74) is 1.18. The largest absolute Gasteiger partial charge is 0.487 e. The van der Waals surface area contributed by atoms with Crippen LogP contribution in [-0.4, -0.2) is 19.8 Å². The van der Waals surface area contributed by atoms with Crippen LogP contribution in [0, 0.1) is 11.6 Å². The third kappa shape index (κ3) is 3.69. The SMILES string of the molecule is CCc1ccc(Nc2c(F)c(F)cc3c2NS(=O)(=O)C2(CC=CCO3)CC2)cc1. The molecule has 2 aromatic rings. The first-order chi connectivity index (χ1) is 13.9. The van der Waals surface area contributed by atoms with E-state index in [2.05, 4.69) is 10.0 Å². The van der Waals surface area contributed by atoms with Crippen molar-refractivity contribution in [3.63, 3.8) is 0 Å². The van der Waals surface area contributed by atoms with Gasteiger partial charge in [0.25, 0.3) is 0 Å². The number of nitrogens with one attached hydrogen (secondary N) is 2. The van der Waals surface area contributed by atoms with Crippen molar-refractivity contribution >= 4 is 27.1 Å². The highest BCUT2D eigenvalue weighted by Crippen LogP contribution is 2.49. The molecular weight excluding hydrogens is 398 g/mol. The molecule has 1 aliphatic heterocycles. The zero-order valence-electron chi connectivity index (χ0n) is 16.0. The van der Waals surface area contributed by atoms with Gasteiger partial charge in [-0.3, -0.25) is 4.72 Å². The highest BCUT2D eigenvalue weighted by molar-refractivity contribution is 7.94. The van der Waals surface area contributed by atoms with Crippen LogP contribution in [0.3, 0.4) is 0 Å². The van der Waals surface area contributed by atoms with Crippen molar-refractivity contribution in [1.29, 1.82) is 0 Å². The van der Waals surface area contributed by atoms with Gasteiger partial charge in [-0.25, -0.2) is 17.2 Å². The zero-order valence-corrected chi connectivity index (χ0v) is 16.8. The van der Waals surface area contributed by atoms with Gasteiger partial charge in [0.2, 0.25) is 10.0 Å². The number of anilines is 3. The second kappa shape index (κ2) is 7.33. The van der Waals surface area contributed by atoms with Crippen LogP contribution >= 0.6 is 0 Å². The van der Waals surface area contributed by atoms with Gasteiger partial charge < -0.3 is 10.1 Å². The van der Waals surface area contributed by atoms with Gasteiger partial charge in [-0.2, -0.15) is 0 Å². The lowest BCUT2D eigenvalue weighted by Crippen LogP contribution is -2.30. The molecule has 1 saturated carbocycles. The summed E-state index contributed by atoms with van der Waals surface area (Å²) in [6, 6.07) is 8.06. The lowest BCUT2D eigenvalue weighted by atomic mass is 10.1. The van der Waals surface area contributed by atoms with Gasteiger partial charge in [-0.1, -0.05) is 31.2 Å². The van der Waals surface area contributed by atoms with Crippen LogP contribution in [0.1, 0.15) is 31.7 Å². The smallest absolute Gasteiger partial charge is 0.238 e. The number of rotatable bonds is 3. The molecule has 8 heteroatoms. The Kier molecular flexibility index (Phi) is 4.98. The van der Waals surface area contributed by atoms with Crippen LogP contribution in [0.5, 0.6) is 5.75 Å². The molecule has 0 radical (unpaired) electrons. The normalized spacial score (nSPS) is 19.0. The Morgan fingerprint density at radius 2 is 1.90 bits per heavy atom. The fourth-order valence-corrected chi connectivity index (χ4v) is 5.02. The molecule has 1 spiro atoms. The molecular formula is C21H22F2N2O3S. The number of halogens is 2. The fourth-order valence-electron chi connectivity index (χ4n) is 3.37. The summed E-state index contributed by atoms with van der Waals surface area (Å²) >= 11 is 0. The van der Waals surface area contributed by atoms with E-state index in [1.807, 2.05) is 19.1 Å². The standard InChI is InChI=1S/C21H22F2N2O3S/c1-2-14-5-7-15(8-6-14)24-20-18(23)16(22)13-17-19(20)25-29(26,27)21(10-11-21)9-3-4-12-28-17/h3-8,13,24-25H,2,9-12H2,1H3. The van der Waals surface area contributed by atoms with Crippen molar-refractivity contribution in [2.75, 3.05) is 16.6 Å². The van der Waals surface area contributed by atoms with E-state index >= 15 is 0 Å². The van der Waals surface area contributed by atoms with E-state index in [1.165, 1.54) is 0 Å². The van der Waals surface area contributed by atoms with E-state index in [9.17, 15) is 17.2 Å². The molecule has 2 aliphatic rings. The Hall–Kier alpha value is -2.61. The van der Waals surface area contributed by atoms with Crippen molar-refractivity contribution in [1.82, 2.24) is 0 Å². The molecule has 0 amide bonds. The number of hydrogen-bond donors (Lipinski definition) is 2. The molecule has 154 valence electrons. The van der Waals surface area contributed by atoms with E-state index < -0.39 is 26.4 Å². The molecule has 2 aromatic carbocycles. The molecule has 29 heavy (non-hydrogen) atoms. The summed E-state index contributed by atoms with van der Waals surface area (Å²) in [4.78, 5) is 0. The van der Waals surface area contributed by atoms with Gasteiger partial charge in [0.1, 0.15) is 23.7 Å². The molecule has 5 nitrogen and oxygen atoms in total. The molecule has 1 fully saturated rings. The van der Waals surface area contributed by atoms with Crippen molar-refractivity contribution < 1.29 is 21.9 Å². The number of allylic oxidation sites excluding steroid dienone is 1. The van der Waals surface area contributed by atoms with Gasteiger partial charge in [-0.15, -0.1) is 0 Å². The third-order valence-corrected chi connectivity index (χ3v) is 7.61. The maximum atomic E-state index is 14.8. The summed E-state index contributed by atoms with van der Waals surface area (Å²) in [6.07, 6.45) is 5.69. The maximum Gasteiger partial charge on any atom is 0.238 e. The Morgan fingerprint density at radius 3 is 2.55 bits per heavy atom. The number of aryl methyl sites for hydroxylation is 1. The summed E-state index contributed by atoms with van der Waals surface area (Å²) in [5.74, 6) is -2.37. The molecule has 4 rings (SSSR count). The van der Waals surface area contributed by atoms with Crippen molar-refractivity contribution in [3.8, 4) is 5.75 Å². The Bertz CT molecular complexity index is 1060. The molecule has 0 bridgehead atoms. The number of benzene rings is 2. The summed E-state index contributed by atoms with van der Waals surface area (Å²) in [5, 5.41) is 2.82. The number of ether oxygens (including phenoxy) is 1. The number of sulfonamides is 1. The molecule has 0 unspecified atom stereocenters. The highest BCUT2D eigenvalue weighted by atomic mass is 32.2. The number of fused-ring (bicyclic) bond motifs is 1. The van der Waals surface area contributed by atoms with Crippen LogP contribution in [0.25, 0.3) is 0 Å². The van der Waals surface area contributed by atoms with Crippen LogP contribution in [0.15, 0.2) is 42.5 Å².